The number of aromatic nitrogens is 2. The SMILES string of the molecule is CCOC(=O)c1nn(-c2ccccc2C)c(=O)cc1OS(=O)(=O)c1cc(C(F)(F)F)ccc1Cl. The molecule has 3 aromatic rings. The van der Waals surface area contributed by atoms with Gasteiger partial charge in [-0.3, -0.25) is 4.79 Å². The first-order valence-corrected chi connectivity index (χ1v) is 11.3. The van der Waals surface area contributed by atoms with Gasteiger partial charge in [0.2, 0.25) is 5.69 Å². The summed E-state index contributed by atoms with van der Waals surface area (Å²) >= 11 is 5.80. The molecule has 180 valence electrons. The van der Waals surface area contributed by atoms with Crippen molar-refractivity contribution < 1.29 is 35.3 Å². The molecular formula is C21H16ClF3N2O6S. The van der Waals surface area contributed by atoms with Crippen molar-refractivity contribution in [1.82, 2.24) is 9.78 Å². The summed E-state index contributed by atoms with van der Waals surface area (Å²) in [6.45, 7) is 3.04. The number of esters is 1. The van der Waals surface area contributed by atoms with Gasteiger partial charge in [-0.05, 0) is 43.7 Å². The molecule has 34 heavy (non-hydrogen) atoms. The van der Waals surface area contributed by atoms with Crippen LogP contribution in [0.3, 0.4) is 0 Å². The number of carbonyl (C=O) groups is 1. The topological polar surface area (TPSA) is 105 Å². The largest absolute Gasteiger partial charge is 0.461 e. The zero-order chi connectivity index (χ0) is 25.3. The van der Waals surface area contributed by atoms with Crippen LogP contribution in [0.5, 0.6) is 5.75 Å². The molecule has 3 rings (SSSR count). The summed E-state index contributed by atoms with van der Waals surface area (Å²) in [6, 6.07) is 8.83. The van der Waals surface area contributed by atoms with Crippen molar-refractivity contribution in [3.8, 4) is 11.4 Å². The molecule has 0 spiro atoms. The summed E-state index contributed by atoms with van der Waals surface area (Å²) in [4.78, 5) is 24.2. The highest BCUT2D eigenvalue weighted by atomic mass is 35.5. The third kappa shape index (κ3) is 5.23. The molecule has 1 aromatic heterocycles. The fourth-order valence-electron chi connectivity index (χ4n) is 2.85. The molecule has 0 saturated heterocycles. The second kappa shape index (κ2) is 9.47. The smallest absolute Gasteiger partial charge is 0.416 e. The molecule has 0 atom stereocenters. The Hall–Kier alpha value is -3.38. The van der Waals surface area contributed by atoms with Gasteiger partial charge in [-0.25, -0.2) is 4.79 Å². The molecule has 0 N–H and O–H groups in total. The van der Waals surface area contributed by atoms with Crippen LogP contribution in [0, 0.1) is 6.92 Å². The molecule has 0 saturated carbocycles. The summed E-state index contributed by atoms with van der Waals surface area (Å²) in [7, 11) is -5.03. The number of ether oxygens (including phenoxy) is 1. The Balaban J connectivity index is 2.16. The minimum Gasteiger partial charge on any atom is -0.461 e. The minimum atomic E-state index is -5.03. The summed E-state index contributed by atoms with van der Waals surface area (Å²) in [5.74, 6) is -1.95. The van der Waals surface area contributed by atoms with E-state index < -0.39 is 54.7 Å². The number of hydrogen-bond donors (Lipinski definition) is 0. The maximum Gasteiger partial charge on any atom is 0.416 e. The Morgan fingerprint density at radius 2 is 1.82 bits per heavy atom. The maximum atomic E-state index is 13.1. The third-order valence-electron chi connectivity index (χ3n) is 4.44. The van der Waals surface area contributed by atoms with Crippen molar-refractivity contribution >= 4 is 27.7 Å². The van der Waals surface area contributed by atoms with Crippen molar-refractivity contribution in [2.45, 2.75) is 24.9 Å². The van der Waals surface area contributed by atoms with Gasteiger partial charge in [-0.15, -0.1) is 0 Å². The first-order valence-electron chi connectivity index (χ1n) is 9.54. The molecule has 8 nitrogen and oxygen atoms in total. The van der Waals surface area contributed by atoms with E-state index in [1.54, 1.807) is 31.2 Å². The Morgan fingerprint density at radius 1 is 1.15 bits per heavy atom. The number of benzene rings is 2. The van der Waals surface area contributed by atoms with E-state index in [2.05, 4.69) is 5.10 Å². The zero-order valence-electron chi connectivity index (χ0n) is 17.6. The number of alkyl halides is 3. The molecule has 0 aliphatic rings. The molecular weight excluding hydrogens is 501 g/mol. The van der Waals surface area contributed by atoms with Crippen LogP contribution < -0.4 is 9.74 Å². The Kier molecular flexibility index (Phi) is 7.03. The van der Waals surface area contributed by atoms with E-state index in [1.165, 1.54) is 6.92 Å². The second-order valence-corrected chi connectivity index (χ2v) is 8.72. The average molecular weight is 517 g/mol. The molecule has 0 bridgehead atoms. The van der Waals surface area contributed by atoms with E-state index in [-0.39, 0.29) is 12.7 Å². The van der Waals surface area contributed by atoms with E-state index in [0.717, 1.165) is 10.7 Å². The van der Waals surface area contributed by atoms with E-state index in [1.807, 2.05) is 0 Å². The van der Waals surface area contributed by atoms with Gasteiger partial charge in [0.05, 0.1) is 28.9 Å². The third-order valence-corrected chi connectivity index (χ3v) is 6.15. The number of rotatable bonds is 6. The van der Waals surface area contributed by atoms with Gasteiger partial charge in [0.15, 0.2) is 5.75 Å². The summed E-state index contributed by atoms with van der Waals surface area (Å²) in [5.41, 5.74) is -1.94. The lowest BCUT2D eigenvalue weighted by atomic mass is 10.2. The van der Waals surface area contributed by atoms with Crippen LogP contribution in [0.15, 0.2) is 58.2 Å². The highest BCUT2D eigenvalue weighted by Gasteiger charge is 2.34. The lowest BCUT2D eigenvalue weighted by Crippen LogP contribution is -2.26. The van der Waals surface area contributed by atoms with Crippen LogP contribution in [-0.2, 0) is 21.0 Å². The number of hydrogen-bond acceptors (Lipinski definition) is 7. The summed E-state index contributed by atoms with van der Waals surface area (Å²) in [6.07, 6.45) is -4.86. The Morgan fingerprint density at radius 3 is 2.44 bits per heavy atom. The quantitative estimate of drug-likeness (QED) is 0.358. The summed E-state index contributed by atoms with van der Waals surface area (Å²) < 4.78 is 75.4. The number of para-hydroxylation sites is 1. The van der Waals surface area contributed by atoms with Gasteiger partial charge in [0.25, 0.3) is 5.56 Å². The predicted octanol–water partition coefficient (Wildman–Crippen LogP) is 4.16. The van der Waals surface area contributed by atoms with Crippen LogP contribution >= 0.6 is 11.6 Å². The fraction of sp³-hybridized carbons (Fsp3) is 0.190. The predicted molar refractivity (Wildman–Crippen MR) is 115 cm³/mol. The molecule has 0 aliphatic carbocycles. The van der Waals surface area contributed by atoms with Crippen molar-refractivity contribution in [2.24, 2.45) is 0 Å². The molecule has 2 aromatic carbocycles. The van der Waals surface area contributed by atoms with Crippen LogP contribution in [-0.4, -0.2) is 30.8 Å². The van der Waals surface area contributed by atoms with Gasteiger partial charge in [0.1, 0.15) is 4.90 Å². The molecule has 0 radical (unpaired) electrons. The van der Waals surface area contributed by atoms with E-state index in [4.69, 9.17) is 20.5 Å². The van der Waals surface area contributed by atoms with Gasteiger partial charge in [0, 0.05) is 0 Å². The van der Waals surface area contributed by atoms with Crippen LogP contribution in [0.1, 0.15) is 28.5 Å². The normalized spacial score (nSPS) is 11.8. The summed E-state index contributed by atoms with van der Waals surface area (Å²) in [5, 5.41) is 3.34. The molecule has 0 unspecified atom stereocenters. The Labute approximate surface area is 196 Å². The van der Waals surface area contributed by atoms with Crippen molar-refractivity contribution in [2.75, 3.05) is 6.61 Å². The van der Waals surface area contributed by atoms with Crippen molar-refractivity contribution in [1.29, 1.82) is 0 Å². The molecule has 13 heteroatoms. The van der Waals surface area contributed by atoms with Crippen molar-refractivity contribution in [3.05, 3.63) is 80.7 Å². The molecule has 0 fully saturated rings. The molecule has 0 amide bonds. The van der Waals surface area contributed by atoms with Gasteiger partial charge in [-0.1, -0.05) is 29.8 Å². The molecule has 1 heterocycles. The number of halogens is 4. The van der Waals surface area contributed by atoms with Crippen LogP contribution in [0.25, 0.3) is 5.69 Å². The van der Waals surface area contributed by atoms with E-state index >= 15 is 0 Å². The number of carbonyl (C=O) groups excluding carboxylic acids is 1. The maximum absolute atomic E-state index is 13.1. The average Bonchev–Trinajstić information content (AvgIpc) is 2.74. The highest BCUT2D eigenvalue weighted by molar-refractivity contribution is 7.87. The number of aryl methyl sites for hydroxylation is 1. The Bertz CT molecular complexity index is 1420. The first kappa shape index (κ1) is 25.2. The lowest BCUT2D eigenvalue weighted by molar-refractivity contribution is -0.137. The molecule has 0 aliphatic heterocycles. The monoisotopic (exact) mass is 516 g/mol. The zero-order valence-corrected chi connectivity index (χ0v) is 19.2. The van der Waals surface area contributed by atoms with Crippen LogP contribution in [0.4, 0.5) is 13.2 Å². The second-order valence-electron chi connectivity index (χ2n) is 6.79. The van der Waals surface area contributed by atoms with E-state index in [0.29, 0.717) is 23.4 Å². The van der Waals surface area contributed by atoms with Gasteiger partial charge >= 0.3 is 22.3 Å². The van der Waals surface area contributed by atoms with Crippen LogP contribution in [0.2, 0.25) is 5.02 Å². The van der Waals surface area contributed by atoms with Gasteiger partial charge in [-0.2, -0.15) is 31.4 Å². The lowest BCUT2D eigenvalue weighted by Gasteiger charge is -2.15. The highest BCUT2D eigenvalue weighted by Crippen LogP contribution is 2.34. The standard InChI is InChI=1S/C21H16ClF3N2O6S/c1-3-32-20(29)19-16(11-18(28)27(26-19)15-7-5-4-6-12(15)2)33-34(30,31)17-10-13(21(23,24)25)8-9-14(17)22/h4-11H,3H2,1-2H3. The number of nitrogens with zero attached hydrogens (tertiary/aromatic N) is 2. The van der Waals surface area contributed by atoms with Gasteiger partial charge < -0.3 is 8.92 Å². The fourth-order valence-corrected chi connectivity index (χ4v) is 4.29. The first-order chi connectivity index (χ1) is 15.8. The minimum absolute atomic E-state index is 0.115. The van der Waals surface area contributed by atoms with E-state index in [9.17, 15) is 31.2 Å². The van der Waals surface area contributed by atoms with Crippen molar-refractivity contribution in [3.63, 3.8) is 0 Å².